The molecule has 1 aliphatic heterocycles. The van der Waals surface area contributed by atoms with E-state index >= 15 is 0 Å². The number of esters is 1. The van der Waals surface area contributed by atoms with Gasteiger partial charge in [0.2, 0.25) is 0 Å². The van der Waals surface area contributed by atoms with Gasteiger partial charge in [0.15, 0.2) is 0 Å². The maximum absolute atomic E-state index is 12.1. The maximum atomic E-state index is 12.1. The van der Waals surface area contributed by atoms with Crippen molar-refractivity contribution < 1.29 is 19.7 Å². The minimum atomic E-state index is -0.392. The van der Waals surface area contributed by atoms with E-state index in [1.54, 1.807) is 0 Å². The molecule has 2 fully saturated rings. The number of ether oxygens (including phenoxy) is 1. The van der Waals surface area contributed by atoms with E-state index < -0.39 is 6.10 Å². The van der Waals surface area contributed by atoms with Gasteiger partial charge in [-0.05, 0) is 62.1 Å². The molecule has 2 aliphatic rings. The Balaban J connectivity index is 1.35. The molecule has 0 bridgehead atoms. The highest BCUT2D eigenvalue weighted by Gasteiger charge is 2.47. The van der Waals surface area contributed by atoms with Gasteiger partial charge in [-0.3, -0.25) is 4.79 Å². The van der Waals surface area contributed by atoms with Crippen LogP contribution in [0.3, 0.4) is 0 Å². The zero-order valence-corrected chi connectivity index (χ0v) is 21.1. The first-order valence-electron chi connectivity index (χ1n) is 13.0. The number of aliphatic hydroxyl groups excluding tert-OH is 2. The van der Waals surface area contributed by atoms with Gasteiger partial charge in [-0.1, -0.05) is 63.8 Å². The van der Waals surface area contributed by atoms with Crippen molar-refractivity contribution in [2.45, 2.75) is 107 Å². The fourth-order valence-corrected chi connectivity index (χ4v) is 7.14. The number of aliphatic hydroxyl groups is 2. The van der Waals surface area contributed by atoms with Crippen LogP contribution in [-0.4, -0.2) is 38.9 Å². The van der Waals surface area contributed by atoms with Crippen LogP contribution >= 0.6 is 11.8 Å². The molecular formula is C28H42O4S. The van der Waals surface area contributed by atoms with E-state index in [-0.39, 0.29) is 18.0 Å². The average molecular weight is 475 g/mol. The monoisotopic (exact) mass is 474 g/mol. The lowest BCUT2D eigenvalue weighted by atomic mass is 9.89. The third kappa shape index (κ3) is 8.15. The second-order valence-corrected chi connectivity index (χ2v) is 11.3. The molecule has 0 aromatic heterocycles. The van der Waals surface area contributed by atoms with Crippen LogP contribution < -0.4 is 4.74 Å². The number of aryl methyl sites for hydroxylation is 1. The summed E-state index contributed by atoms with van der Waals surface area (Å²) < 4.78 is 5.45. The molecule has 33 heavy (non-hydrogen) atoms. The summed E-state index contributed by atoms with van der Waals surface area (Å²) in [6.07, 6.45) is 13.9. The molecular weight excluding hydrogens is 432 g/mol. The predicted molar refractivity (Wildman–Crippen MR) is 137 cm³/mol. The van der Waals surface area contributed by atoms with Gasteiger partial charge in [0.05, 0.1) is 12.2 Å². The van der Waals surface area contributed by atoms with E-state index in [1.807, 2.05) is 42.1 Å². The molecule has 1 saturated heterocycles. The fourth-order valence-electron chi connectivity index (χ4n) is 5.20. The lowest BCUT2D eigenvalue weighted by Crippen LogP contribution is -2.19. The van der Waals surface area contributed by atoms with Crippen LogP contribution in [0.25, 0.3) is 0 Å². The Hall–Kier alpha value is -1.30. The fraction of sp³-hybridized carbons (Fsp3) is 0.679. The minimum Gasteiger partial charge on any atom is -0.427 e. The van der Waals surface area contributed by atoms with Crippen molar-refractivity contribution in [3.63, 3.8) is 0 Å². The van der Waals surface area contributed by atoms with Crippen molar-refractivity contribution in [3.8, 4) is 5.75 Å². The van der Waals surface area contributed by atoms with Crippen LogP contribution in [0.15, 0.2) is 36.4 Å². The standard InChI is InChI=1S/C28H42O4S/c1-3-5-6-9-21(29)14-17-24-25-18-23(33-27(25)19-26(24)30)10-7-8-11-28(31)32-22-15-12-20(4-2)13-16-22/h12-17,21,23-27,29-30H,3-11,18-19H2,1-2H3/b17-14+/t21-,23?,24+,25+,26+,27+/m0/s1. The summed E-state index contributed by atoms with van der Waals surface area (Å²) in [4.78, 5) is 12.1. The van der Waals surface area contributed by atoms with Gasteiger partial charge in [-0.25, -0.2) is 0 Å². The molecule has 5 heteroatoms. The predicted octanol–water partition coefficient (Wildman–Crippen LogP) is 6.08. The zero-order valence-electron chi connectivity index (χ0n) is 20.3. The van der Waals surface area contributed by atoms with Gasteiger partial charge < -0.3 is 14.9 Å². The van der Waals surface area contributed by atoms with Crippen LogP contribution in [0.1, 0.15) is 83.6 Å². The molecule has 1 aromatic carbocycles. The number of hydrogen-bond donors (Lipinski definition) is 2. The summed E-state index contributed by atoms with van der Waals surface area (Å²) in [5, 5.41) is 21.9. The van der Waals surface area contributed by atoms with Crippen LogP contribution in [0.4, 0.5) is 0 Å². The molecule has 1 aromatic rings. The largest absolute Gasteiger partial charge is 0.427 e. The van der Waals surface area contributed by atoms with Crippen molar-refractivity contribution in [3.05, 3.63) is 42.0 Å². The quantitative estimate of drug-likeness (QED) is 0.157. The van der Waals surface area contributed by atoms with Gasteiger partial charge in [-0.15, -0.1) is 0 Å². The van der Waals surface area contributed by atoms with Crippen LogP contribution in [-0.2, 0) is 11.2 Å². The average Bonchev–Trinajstić information content (AvgIpc) is 3.32. The third-order valence-electron chi connectivity index (χ3n) is 7.17. The summed E-state index contributed by atoms with van der Waals surface area (Å²) in [5.74, 6) is 1.15. The highest BCUT2D eigenvalue weighted by Crippen LogP contribution is 2.52. The highest BCUT2D eigenvalue weighted by molar-refractivity contribution is 8.00. The van der Waals surface area contributed by atoms with E-state index in [0.717, 1.165) is 64.2 Å². The Bertz CT molecular complexity index is 747. The Morgan fingerprint density at radius 2 is 1.94 bits per heavy atom. The van der Waals surface area contributed by atoms with E-state index in [2.05, 4.69) is 19.9 Å². The Kier molecular flexibility index (Phi) is 10.8. The van der Waals surface area contributed by atoms with Crippen LogP contribution in [0, 0.1) is 11.8 Å². The van der Waals surface area contributed by atoms with Gasteiger partial charge in [0.1, 0.15) is 5.75 Å². The normalized spacial score (nSPS) is 27.7. The topological polar surface area (TPSA) is 66.8 Å². The molecule has 0 amide bonds. The third-order valence-corrected chi connectivity index (χ3v) is 8.88. The maximum Gasteiger partial charge on any atom is 0.311 e. The molecule has 1 heterocycles. The van der Waals surface area contributed by atoms with Gasteiger partial charge in [0, 0.05) is 22.8 Å². The lowest BCUT2D eigenvalue weighted by Gasteiger charge is -2.18. The number of unbranched alkanes of at least 4 members (excludes halogenated alkanes) is 3. The molecule has 2 N–H and O–H groups in total. The second-order valence-electron chi connectivity index (χ2n) is 9.74. The Labute approximate surface area is 204 Å². The van der Waals surface area contributed by atoms with E-state index in [4.69, 9.17) is 4.74 Å². The molecule has 1 aliphatic carbocycles. The molecule has 0 radical (unpaired) electrons. The zero-order chi connectivity index (χ0) is 23.6. The summed E-state index contributed by atoms with van der Waals surface area (Å²) in [7, 11) is 0. The number of benzene rings is 1. The van der Waals surface area contributed by atoms with Crippen molar-refractivity contribution in [2.24, 2.45) is 11.8 Å². The van der Waals surface area contributed by atoms with Crippen molar-refractivity contribution in [1.29, 1.82) is 0 Å². The van der Waals surface area contributed by atoms with Crippen molar-refractivity contribution in [1.82, 2.24) is 0 Å². The van der Waals surface area contributed by atoms with E-state index in [0.29, 0.717) is 28.6 Å². The summed E-state index contributed by atoms with van der Waals surface area (Å²) in [6, 6.07) is 7.75. The second kappa shape index (κ2) is 13.6. The summed E-state index contributed by atoms with van der Waals surface area (Å²) >= 11 is 2.03. The number of carbonyl (C=O) groups is 1. The SMILES string of the molecule is CCCCC[C@H](O)/C=C/[C@@H]1[C@H]2CC(CCCCC(=O)Oc3ccc(CC)cc3)S[C@@H]2C[C@H]1O. The van der Waals surface area contributed by atoms with Gasteiger partial charge in [0.25, 0.3) is 0 Å². The molecule has 1 unspecified atom stereocenters. The molecule has 4 nitrogen and oxygen atoms in total. The van der Waals surface area contributed by atoms with Gasteiger partial charge in [-0.2, -0.15) is 11.8 Å². The number of rotatable bonds is 13. The van der Waals surface area contributed by atoms with Crippen LogP contribution in [0.5, 0.6) is 5.75 Å². The summed E-state index contributed by atoms with van der Waals surface area (Å²) in [5.41, 5.74) is 1.24. The minimum absolute atomic E-state index is 0.152. The molecule has 6 atom stereocenters. The lowest BCUT2D eigenvalue weighted by molar-refractivity contribution is -0.134. The number of thioether (sulfide) groups is 1. The van der Waals surface area contributed by atoms with E-state index in [1.165, 1.54) is 5.56 Å². The van der Waals surface area contributed by atoms with Crippen molar-refractivity contribution >= 4 is 17.7 Å². The highest BCUT2D eigenvalue weighted by atomic mass is 32.2. The summed E-state index contributed by atoms with van der Waals surface area (Å²) in [6.45, 7) is 4.28. The number of carbonyl (C=O) groups excluding carboxylic acids is 1. The molecule has 184 valence electrons. The number of hydrogen-bond acceptors (Lipinski definition) is 5. The molecule has 0 spiro atoms. The first-order valence-corrected chi connectivity index (χ1v) is 13.9. The van der Waals surface area contributed by atoms with Crippen molar-refractivity contribution in [2.75, 3.05) is 0 Å². The first kappa shape index (κ1) is 26.3. The Morgan fingerprint density at radius 3 is 2.67 bits per heavy atom. The van der Waals surface area contributed by atoms with E-state index in [9.17, 15) is 15.0 Å². The first-order chi connectivity index (χ1) is 16.0. The molecule has 1 saturated carbocycles. The van der Waals surface area contributed by atoms with Crippen LogP contribution in [0.2, 0.25) is 0 Å². The molecule has 3 rings (SSSR count). The smallest absolute Gasteiger partial charge is 0.311 e. The van der Waals surface area contributed by atoms with Gasteiger partial charge >= 0.3 is 5.97 Å². The number of fused-ring (bicyclic) bond motifs is 1. The Morgan fingerprint density at radius 1 is 1.15 bits per heavy atom.